The Labute approximate surface area is 119 Å². The zero-order chi connectivity index (χ0) is 14.8. The van der Waals surface area contributed by atoms with Crippen molar-refractivity contribution in [1.29, 1.82) is 0 Å². The smallest absolute Gasteiger partial charge is 0.314 e. The largest absolute Gasteiger partial charge is 0.550 e. The van der Waals surface area contributed by atoms with E-state index in [1.54, 1.807) is 0 Å². The summed E-state index contributed by atoms with van der Waals surface area (Å²) in [4.78, 5) is 18.9. The number of carboxylic acids is 2. The lowest BCUT2D eigenvalue weighted by Gasteiger charge is -2.14. The van der Waals surface area contributed by atoms with Crippen molar-refractivity contribution in [3.8, 4) is 0 Å². The van der Waals surface area contributed by atoms with E-state index >= 15 is 0 Å². The Kier molecular flexibility index (Phi) is 7.27. The zero-order valence-corrected chi connectivity index (χ0v) is 12.1. The van der Waals surface area contributed by atoms with Gasteiger partial charge in [-0.1, -0.05) is 30.3 Å². The van der Waals surface area contributed by atoms with Crippen LogP contribution in [0.5, 0.6) is 0 Å². The Morgan fingerprint density at radius 2 is 1.80 bits per heavy atom. The molecule has 0 amide bonds. The molecule has 0 saturated carbocycles. The van der Waals surface area contributed by atoms with Crippen molar-refractivity contribution in [2.75, 3.05) is 6.61 Å². The van der Waals surface area contributed by atoms with E-state index in [2.05, 4.69) is 36.0 Å². The quantitative estimate of drug-likeness (QED) is 0.655. The van der Waals surface area contributed by atoms with E-state index in [0.29, 0.717) is 0 Å². The molecular formula is C14H18O5Si. The molecule has 0 spiro atoms. The van der Waals surface area contributed by atoms with Gasteiger partial charge in [0.25, 0.3) is 0 Å². The van der Waals surface area contributed by atoms with Gasteiger partial charge in [0.2, 0.25) is 8.65 Å². The fourth-order valence-electron chi connectivity index (χ4n) is 1.66. The third-order valence-electron chi connectivity index (χ3n) is 2.53. The molecule has 1 aliphatic heterocycles. The van der Waals surface area contributed by atoms with Gasteiger partial charge in [0.05, 0.1) is 6.61 Å². The number of aliphatic carboxylic acids is 2. The molecule has 1 aliphatic rings. The number of carbonyl (C=O) groups is 2. The second-order valence-corrected chi connectivity index (χ2v) is 6.30. The van der Waals surface area contributed by atoms with E-state index in [9.17, 15) is 9.59 Å². The number of rotatable bonds is 3. The molecular weight excluding hydrogens is 276 g/mol. The topological polar surface area (TPSA) is 83.8 Å². The minimum Gasteiger partial charge on any atom is -0.550 e. The predicted octanol–water partition coefficient (Wildman–Crippen LogP) is 1.77. The SMILES string of the molecule is C(c1ccccc1)=[Si]1CCCCO1.O=C(O)CC(=O)O. The van der Waals surface area contributed by atoms with Crippen molar-refractivity contribution in [3.63, 3.8) is 0 Å². The standard InChI is InChI=1S/C11H14OSi.C3H4O4/c1-2-6-11(7-3-1)10-13-9-5-4-8-12-13;4-2(5)1-3(6)7/h1-3,6-7,10H,4-5,8-9H2;1H2,(H,4,5)(H,6,7). The molecule has 0 radical (unpaired) electrons. The van der Waals surface area contributed by atoms with Gasteiger partial charge in [0, 0.05) is 0 Å². The molecule has 1 aromatic rings. The van der Waals surface area contributed by atoms with Gasteiger partial charge >= 0.3 is 11.9 Å². The van der Waals surface area contributed by atoms with Crippen LogP contribution in [-0.4, -0.2) is 43.1 Å². The average Bonchev–Trinajstić information content (AvgIpc) is 2.40. The third-order valence-corrected chi connectivity index (χ3v) is 4.61. The molecule has 0 aliphatic carbocycles. The summed E-state index contributed by atoms with van der Waals surface area (Å²) in [6.07, 6.45) is 1.79. The summed E-state index contributed by atoms with van der Waals surface area (Å²) >= 11 is 0. The summed E-state index contributed by atoms with van der Waals surface area (Å²) < 4.78 is 5.73. The minimum atomic E-state index is -1.31. The maximum absolute atomic E-state index is 9.43. The molecule has 0 atom stereocenters. The summed E-state index contributed by atoms with van der Waals surface area (Å²) in [6.45, 7) is 0.970. The molecule has 0 bridgehead atoms. The zero-order valence-electron chi connectivity index (χ0n) is 11.1. The monoisotopic (exact) mass is 294 g/mol. The lowest BCUT2D eigenvalue weighted by atomic mass is 10.2. The number of hydrogen-bond acceptors (Lipinski definition) is 3. The van der Waals surface area contributed by atoms with Crippen LogP contribution in [-0.2, 0) is 14.0 Å². The van der Waals surface area contributed by atoms with Crippen LogP contribution in [0.4, 0.5) is 0 Å². The Hall–Kier alpha value is -1.95. The molecule has 2 rings (SSSR count). The van der Waals surface area contributed by atoms with E-state index in [1.165, 1.54) is 24.4 Å². The molecule has 0 unspecified atom stereocenters. The molecule has 1 fully saturated rings. The number of benzene rings is 1. The molecule has 108 valence electrons. The molecule has 1 saturated heterocycles. The molecule has 20 heavy (non-hydrogen) atoms. The molecule has 5 nitrogen and oxygen atoms in total. The highest BCUT2D eigenvalue weighted by Gasteiger charge is 2.07. The highest BCUT2D eigenvalue weighted by atomic mass is 28.3. The fraction of sp³-hybridized carbons (Fsp3) is 0.357. The summed E-state index contributed by atoms with van der Waals surface area (Å²) in [5.74, 6) is -2.62. The number of hydrogen-bond donors (Lipinski definition) is 2. The van der Waals surface area contributed by atoms with Gasteiger partial charge in [-0.15, -0.1) is 0 Å². The summed E-state index contributed by atoms with van der Waals surface area (Å²) in [5, 5.41) is 15.4. The summed E-state index contributed by atoms with van der Waals surface area (Å²) in [7, 11) is -0.625. The van der Waals surface area contributed by atoms with Crippen molar-refractivity contribution in [2.45, 2.75) is 25.3 Å². The first kappa shape index (κ1) is 16.1. The van der Waals surface area contributed by atoms with Crippen molar-refractivity contribution < 1.29 is 24.2 Å². The van der Waals surface area contributed by atoms with Crippen LogP contribution in [0.15, 0.2) is 30.3 Å². The van der Waals surface area contributed by atoms with Crippen molar-refractivity contribution in [2.24, 2.45) is 0 Å². The Morgan fingerprint density at radius 1 is 1.15 bits per heavy atom. The van der Waals surface area contributed by atoms with Gasteiger partial charge in [-0.05, 0) is 30.1 Å². The van der Waals surface area contributed by atoms with Gasteiger partial charge < -0.3 is 14.6 Å². The molecule has 0 aromatic heterocycles. The van der Waals surface area contributed by atoms with Gasteiger partial charge in [-0.2, -0.15) is 0 Å². The second kappa shape index (κ2) is 9.03. The third kappa shape index (κ3) is 7.47. The second-order valence-electron chi connectivity index (χ2n) is 4.29. The summed E-state index contributed by atoms with van der Waals surface area (Å²) in [6, 6.07) is 11.8. The van der Waals surface area contributed by atoms with Crippen molar-refractivity contribution in [1.82, 2.24) is 0 Å². The fourth-order valence-corrected chi connectivity index (χ4v) is 3.60. The minimum absolute atomic E-state index is 0.625. The van der Waals surface area contributed by atoms with Crippen LogP contribution in [0.25, 0.3) is 0 Å². The Morgan fingerprint density at radius 3 is 2.25 bits per heavy atom. The normalized spacial score (nSPS) is 15.7. The lowest BCUT2D eigenvalue weighted by molar-refractivity contribution is -0.147. The predicted molar refractivity (Wildman–Crippen MR) is 77.2 cm³/mol. The van der Waals surface area contributed by atoms with Crippen LogP contribution in [0.3, 0.4) is 0 Å². The van der Waals surface area contributed by atoms with Gasteiger partial charge in [-0.3, -0.25) is 9.59 Å². The first-order valence-corrected chi connectivity index (χ1v) is 8.09. The van der Waals surface area contributed by atoms with Crippen LogP contribution >= 0.6 is 0 Å². The molecule has 1 aromatic carbocycles. The summed E-state index contributed by atoms with van der Waals surface area (Å²) in [5.41, 5.74) is 3.64. The van der Waals surface area contributed by atoms with E-state index in [4.69, 9.17) is 14.6 Å². The Bertz CT molecular complexity index is 450. The molecule has 2 N–H and O–H groups in total. The van der Waals surface area contributed by atoms with Crippen LogP contribution in [0.1, 0.15) is 24.8 Å². The van der Waals surface area contributed by atoms with Crippen LogP contribution in [0, 0.1) is 0 Å². The van der Waals surface area contributed by atoms with Gasteiger partial charge in [0.15, 0.2) is 0 Å². The highest BCUT2D eigenvalue weighted by molar-refractivity contribution is 6.62. The molecule has 1 heterocycles. The maximum atomic E-state index is 9.43. The van der Waals surface area contributed by atoms with Crippen molar-refractivity contribution in [3.05, 3.63) is 35.9 Å². The van der Waals surface area contributed by atoms with E-state index in [0.717, 1.165) is 6.61 Å². The molecule has 6 heteroatoms. The highest BCUT2D eigenvalue weighted by Crippen LogP contribution is 2.07. The first-order chi connectivity index (χ1) is 9.58. The van der Waals surface area contributed by atoms with E-state index in [1.807, 2.05) is 0 Å². The van der Waals surface area contributed by atoms with Crippen LogP contribution in [0.2, 0.25) is 6.04 Å². The van der Waals surface area contributed by atoms with E-state index in [-0.39, 0.29) is 0 Å². The van der Waals surface area contributed by atoms with Crippen LogP contribution < -0.4 is 0 Å². The lowest BCUT2D eigenvalue weighted by Crippen LogP contribution is -2.17. The first-order valence-electron chi connectivity index (χ1n) is 6.40. The van der Waals surface area contributed by atoms with Gasteiger partial charge in [0.1, 0.15) is 6.42 Å². The van der Waals surface area contributed by atoms with Gasteiger partial charge in [-0.25, -0.2) is 0 Å². The number of carboxylic acid groups (broad SMARTS) is 2. The van der Waals surface area contributed by atoms with E-state index < -0.39 is 27.0 Å². The maximum Gasteiger partial charge on any atom is 0.314 e. The average molecular weight is 294 g/mol. The van der Waals surface area contributed by atoms with Crippen molar-refractivity contribution >= 4 is 26.3 Å². The Balaban J connectivity index is 0.000000246.